The second-order valence-corrected chi connectivity index (χ2v) is 9.82. The predicted octanol–water partition coefficient (Wildman–Crippen LogP) is 0.923. The fraction of sp³-hybridized carbons (Fsp3) is 0. The molecule has 0 aliphatic heterocycles. The average molecular weight is 360 g/mol. The molecule has 0 aliphatic rings. The van der Waals surface area contributed by atoms with E-state index in [4.69, 9.17) is 12.8 Å². The predicted molar refractivity (Wildman–Crippen MR) is 79.5 cm³/mol. The van der Waals surface area contributed by atoms with Gasteiger partial charge in [-0.05, 0) is 0 Å². The van der Waals surface area contributed by atoms with Crippen LogP contribution in [0.5, 0.6) is 0 Å². The molecule has 2 aromatic carbocycles. The van der Waals surface area contributed by atoms with Crippen molar-refractivity contribution in [2.75, 3.05) is 0 Å². The summed E-state index contributed by atoms with van der Waals surface area (Å²) in [7, 11) is 0. The van der Waals surface area contributed by atoms with Gasteiger partial charge in [-0.2, -0.15) is 0 Å². The Hall–Kier alpha value is -1.40. The minimum absolute atomic E-state index is 0.498. The molecule has 0 saturated heterocycles. The van der Waals surface area contributed by atoms with Gasteiger partial charge in [0.15, 0.2) is 0 Å². The van der Waals surface area contributed by atoms with Crippen LogP contribution in [-0.4, -0.2) is 26.3 Å². The van der Waals surface area contributed by atoms with Gasteiger partial charge in [0.1, 0.15) is 0 Å². The molecule has 0 heterocycles. The Bertz CT molecular complexity index is 538. The molecule has 0 aliphatic carbocycles. The molecule has 0 atom stereocenters. The third kappa shape index (κ3) is 3.54. The maximum absolute atomic E-state index is 5.34. The molecular formula is C16H10Se2. The summed E-state index contributed by atoms with van der Waals surface area (Å²) in [5.74, 6) is 5.27. The topological polar surface area (TPSA) is 0 Å². The zero-order valence-corrected chi connectivity index (χ0v) is 13.0. The van der Waals surface area contributed by atoms with Crippen LogP contribution in [0.15, 0.2) is 48.5 Å². The van der Waals surface area contributed by atoms with Crippen molar-refractivity contribution in [2.45, 2.75) is 0 Å². The number of hydrogen-bond acceptors (Lipinski definition) is 0. The third-order valence-corrected chi connectivity index (χ3v) is 9.51. The van der Waals surface area contributed by atoms with Crippen LogP contribution < -0.4 is 8.92 Å². The van der Waals surface area contributed by atoms with Gasteiger partial charge in [0.2, 0.25) is 0 Å². The van der Waals surface area contributed by atoms with E-state index in [2.05, 4.69) is 36.1 Å². The van der Waals surface area contributed by atoms with E-state index in [0.717, 1.165) is 11.1 Å². The van der Waals surface area contributed by atoms with E-state index >= 15 is 0 Å². The van der Waals surface area contributed by atoms with E-state index < -0.39 is 0 Å². The Morgan fingerprint density at radius 2 is 0.944 bits per heavy atom. The fourth-order valence-corrected chi connectivity index (χ4v) is 7.27. The van der Waals surface area contributed by atoms with Crippen LogP contribution in [0, 0.1) is 24.7 Å². The molecule has 0 radical (unpaired) electrons. The van der Waals surface area contributed by atoms with E-state index in [-0.39, 0.29) is 0 Å². The van der Waals surface area contributed by atoms with Gasteiger partial charge in [-0.25, -0.2) is 0 Å². The van der Waals surface area contributed by atoms with Gasteiger partial charge in [-0.1, -0.05) is 0 Å². The zero-order valence-electron chi connectivity index (χ0n) is 9.59. The van der Waals surface area contributed by atoms with Crippen molar-refractivity contribution in [3.8, 4) is 24.7 Å². The number of benzene rings is 2. The monoisotopic (exact) mass is 362 g/mol. The first-order chi connectivity index (χ1) is 8.81. The standard InChI is InChI=1S/C16H10Se2/c1-3-13-5-9-15(10-6-13)17-18-16-11-7-14(4-2)8-12-16/h1-2,5-12H. The normalized spacial score (nSPS) is 9.44. The van der Waals surface area contributed by atoms with E-state index in [1.165, 1.54) is 8.92 Å². The Balaban J connectivity index is 1.98. The van der Waals surface area contributed by atoms with E-state index in [9.17, 15) is 0 Å². The molecule has 0 unspecified atom stereocenters. The molecule has 0 bridgehead atoms. The van der Waals surface area contributed by atoms with Crippen molar-refractivity contribution >= 4 is 35.2 Å². The number of rotatable bonds is 3. The van der Waals surface area contributed by atoms with Gasteiger partial charge < -0.3 is 0 Å². The molecule has 0 nitrogen and oxygen atoms in total. The van der Waals surface area contributed by atoms with Crippen molar-refractivity contribution in [2.24, 2.45) is 0 Å². The molecule has 0 fully saturated rings. The van der Waals surface area contributed by atoms with Crippen LogP contribution in [0.3, 0.4) is 0 Å². The first-order valence-corrected chi connectivity index (χ1v) is 11.3. The summed E-state index contributed by atoms with van der Waals surface area (Å²) in [6.45, 7) is 0. The summed E-state index contributed by atoms with van der Waals surface area (Å²) in [6, 6.07) is 16.6. The molecule has 0 aromatic heterocycles. The first kappa shape index (κ1) is 13.0. The molecule has 2 rings (SSSR count). The van der Waals surface area contributed by atoms with Gasteiger partial charge in [0.25, 0.3) is 0 Å². The summed E-state index contributed by atoms with van der Waals surface area (Å²) >= 11 is 0.996. The summed E-state index contributed by atoms with van der Waals surface area (Å²) in [5, 5.41) is 0. The SMILES string of the molecule is C#Cc1ccc([Se][Se]c2ccc(C#C)cc2)cc1. The van der Waals surface area contributed by atoms with Crippen LogP contribution in [0.1, 0.15) is 11.1 Å². The van der Waals surface area contributed by atoms with Crippen LogP contribution >= 0.6 is 0 Å². The van der Waals surface area contributed by atoms with Crippen LogP contribution in [0.4, 0.5) is 0 Å². The van der Waals surface area contributed by atoms with Gasteiger partial charge in [0, 0.05) is 0 Å². The Kier molecular flexibility index (Phi) is 4.72. The molecule has 2 aromatic rings. The average Bonchev–Trinajstić information content (AvgIpc) is 2.46. The number of hydrogen-bond donors (Lipinski definition) is 0. The summed E-state index contributed by atoms with van der Waals surface area (Å²) in [6.07, 6.45) is 10.7. The van der Waals surface area contributed by atoms with Crippen molar-refractivity contribution < 1.29 is 0 Å². The van der Waals surface area contributed by atoms with E-state index in [0.29, 0.717) is 26.3 Å². The molecule has 0 amide bonds. The molecule has 0 saturated carbocycles. The van der Waals surface area contributed by atoms with Crippen LogP contribution in [0.2, 0.25) is 0 Å². The molecule has 2 heteroatoms. The van der Waals surface area contributed by atoms with E-state index in [1.54, 1.807) is 0 Å². The maximum atomic E-state index is 5.34. The van der Waals surface area contributed by atoms with E-state index in [1.807, 2.05) is 24.3 Å². The molecule has 0 spiro atoms. The second-order valence-electron chi connectivity index (χ2n) is 3.50. The summed E-state index contributed by atoms with van der Waals surface area (Å²) in [5.41, 5.74) is 1.89. The molecular weight excluding hydrogens is 350 g/mol. The van der Waals surface area contributed by atoms with Crippen molar-refractivity contribution in [1.82, 2.24) is 0 Å². The van der Waals surface area contributed by atoms with Gasteiger partial charge in [-0.3, -0.25) is 0 Å². The fourth-order valence-electron chi connectivity index (χ4n) is 1.31. The first-order valence-electron chi connectivity index (χ1n) is 5.29. The third-order valence-electron chi connectivity index (χ3n) is 2.28. The van der Waals surface area contributed by atoms with Crippen LogP contribution in [0.25, 0.3) is 0 Å². The Morgan fingerprint density at radius 3 is 1.22 bits per heavy atom. The van der Waals surface area contributed by atoms with Gasteiger partial charge in [-0.15, -0.1) is 0 Å². The van der Waals surface area contributed by atoms with Gasteiger partial charge in [0.05, 0.1) is 0 Å². The quantitative estimate of drug-likeness (QED) is 0.564. The second kappa shape index (κ2) is 6.51. The minimum atomic E-state index is 0.498. The number of terminal acetylenes is 2. The Morgan fingerprint density at radius 1 is 0.611 bits per heavy atom. The van der Waals surface area contributed by atoms with Crippen molar-refractivity contribution in [3.05, 3.63) is 59.7 Å². The molecule has 86 valence electrons. The summed E-state index contributed by atoms with van der Waals surface area (Å²) < 4.78 is 2.78. The van der Waals surface area contributed by atoms with Crippen LogP contribution in [-0.2, 0) is 0 Å². The molecule has 18 heavy (non-hydrogen) atoms. The molecule has 0 N–H and O–H groups in total. The summed E-state index contributed by atoms with van der Waals surface area (Å²) in [4.78, 5) is 0. The van der Waals surface area contributed by atoms with Gasteiger partial charge >= 0.3 is 120 Å². The Labute approximate surface area is 119 Å². The van der Waals surface area contributed by atoms with Crippen molar-refractivity contribution in [1.29, 1.82) is 0 Å². The zero-order chi connectivity index (χ0) is 12.8. The van der Waals surface area contributed by atoms with Crippen molar-refractivity contribution in [3.63, 3.8) is 0 Å².